The van der Waals surface area contributed by atoms with Crippen molar-refractivity contribution in [3.8, 4) is 5.75 Å². The first-order valence-corrected chi connectivity index (χ1v) is 10.2. The number of alkyl halides is 3. The SMILES string of the molecule is COc1ccc(C2CC(C(F)(F)F)n3nc(C(=O)Nc4cc(Cl)ccc4Cl)cc3N2)cc1. The van der Waals surface area contributed by atoms with E-state index in [9.17, 15) is 18.0 Å². The van der Waals surface area contributed by atoms with Crippen LogP contribution in [0.2, 0.25) is 10.0 Å². The molecule has 0 bridgehead atoms. The predicted molar refractivity (Wildman–Crippen MR) is 116 cm³/mol. The number of amides is 1. The maximum atomic E-state index is 13.8. The summed E-state index contributed by atoms with van der Waals surface area (Å²) in [4.78, 5) is 12.7. The average Bonchev–Trinajstić information content (AvgIpc) is 3.19. The summed E-state index contributed by atoms with van der Waals surface area (Å²) >= 11 is 12.0. The molecule has 1 aliphatic rings. The van der Waals surface area contributed by atoms with Crippen molar-refractivity contribution in [2.45, 2.75) is 24.7 Å². The molecule has 1 aromatic heterocycles. The molecule has 0 radical (unpaired) electrons. The largest absolute Gasteiger partial charge is 0.497 e. The molecular formula is C21H17Cl2F3N4O2. The number of carbonyl (C=O) groups is 1. The molecule has 2 atom stereocenters. The van der Waals surface area contributed by atoms with E-state index in [0.717, 1.165) is 4.68 Å². The fourth-order valence-electron chi connectivity index (χ4n) is 3.52. The average molecular weight is 485 g/mol. The number of nitrogens with one attached hydrogen (secondary N) is 2. The quantitative estimate of drug-likeness (QED) is 0.468. The number of nitrogens with zero attached hydrogens (tertiary/aromatic N) is 2. The summed E-state index contributed by atoms with van der Waals surface area (Å²) in [6, 6.07) is 9.99. The number of carbonyl (C=O) groups excluding carboxylic acids is 1. The molecule has 0 saturated carbocycles. The Balaban J connectivity index is 1.64. The Morgan fingerprint density at radius 2 is 1.91 bits per heavy atom. The van der Waals surface area contributed by atoms with Gasteiger partial charge in [-0.05, 0) is 35.9 Å². The summed E-state index contributed by atoms with van der Waals surface area (Å²) in [6.07, 6.45) is -4.84. The highest BCUT2D eigenvalue weighted by molar-refractivity contribution is 6.35. The van der Waals surface area contributed by atoms with E-state index in [0.29, 0.717) is 16.3 Å². The minimum Gasteiger partial charge on any atom is -0.497 e. The molecular weight excluding hydrogens is 468 g/mol. The molecule has 4 rings (SSSR count). The number of aromatic nitrogens is 2. The van der Waals surface area contributed by atoms with E-state index in [1.165, 1.54) is 25.3 Å². The molecule has 0 fully saturated rings. The van der Waals surface area contributed by atoms with Gasteiger partial charge in [-0.25, -0.2) is 4.68 Å². The first kappa shape index (κ1) is 22.3. The third-order valence-electron chi connectivity index (χ3n) is 5.12. The standard InChI is InChI=1S/C21H17Cl2F3N4O2/c1-32-13-5-2-11(3-6-13)15-9-18(21(24,25)26)30-19(27-15)10-17(29-30)20(31)28-16-8-12(22)4-7-14(16)23/h2-8,10,15,18,27H,9H2,1H3,(H,28,31). The molecule has 6 nitrogen and oxygen atoms in total. The molecule has 2 aromatic carbocycles. The number of halogens is 5. The molecule has 0 aliphatic carbocycles. The molecule has 0 saturated heterocycles. The maximum Gasteiger partial charge on any atom is 0.410 e. The second kappa shape index (κ2) is 8.55. The lowest BCUT2D eigenvalue weighted by Gasteiger charge is -2.33. The number of hydrogen-bond donors (Lipinski definition) is 2. The van der Waals surface area contributed by atoms with Gasteiger partial charge in [-0.1, -0.05) is 35.3 Å². The number of benzene rings is 2. The lowest BCUT2D eigenvalue weighted by Crippen LogP contribution is -2.35. The smallest absolute Gasteiger partial charge is 0.410 e. The molecule has 2 N–H and O–H groups in total. The van der Waals surface area contributed by atoms with Crippen molar-refractivity contribution in [1.82, 2.24) is 9.78 Å². The van der Waals surface area contributed by atoms with Gasteiger partial charge < -0.3 is 15.4 Å². The molecule has 32 heavy (non-hydrogen) atoms. The molecule has 0 spiro atoms. The van der Waals surface area contributed by atoms with Crippen molar-refractivity contribution in [2.24, 2.45) is 0 Å². The second-order valence-electron chi connectivity index (χ2n) is 7.20. The van der Waals surface area contributed by atoms with Crippen LogP contribution in [0.25, 0.3) is 0 Å². The van der Waals surface area contributed by atoms with Gasteiger partial charge in [0.2, 0.25) is 0 Å². The van der Waals surface area contributed by atoms with Gasteiger partial charge in [0.1, 0.15) is 11.6 Å². The van der Waals surface area contributed by atoms with Crippen molar-refractivity contribution in [2.75, 3.05) is 17.7 Å². The summed E-state index contributed by atoms with van der Waals surface area (Å²) in [5.41, 5.74) is 0.698. The van der Waals surface area contributed by atoms with Crippen LogP contribution >= 0.6 is 23.2 Å². The van der Waals surface area contributed by atoms with Crippen LogP contribution < -0.4 is 15.4 Å². The van der Waals surface area contributed by atoms with Crippen LogP contribution in [-0.4, -0.2) is 29.0 Å². The van der Waals surface area contributed by atoms with E-state index < -0.39 is 24.2 Å². The molecule has 1 amide bonds. The van der Waals surface area contributed by atoms with E-state index in [1.54, 1.807) is 30.3 Å². The third kappa shape index (κ3) is 4.49. The topological polar surface area (TPSA) is 68.2 Å². The Bertz CT molecular complexity index is 1150. The first-order chi connectivity index (χ1) is 15.2. The Hall–Kier alpha value is -2.91. The summed E-state index contributed by atoms with van der Waals surface area (Å²) < 4.78 is 47.4. The van der Waals surface area contributed by atoms with Gasteiger partial charge in [0.15, 0.2) is 11.7 Å². The summed E-state index contributed by atoms with van der Waals surface area (Å²) in [5.74, 6) is -0.0258. The summed E-state index contributed by atoms with van der Waals surface area (Å²) in [5, 5.41) is 10.1. The van der Waals surface area contributed by atoms with Gasteiger partial charge in [0, 0.05) is 17.5 Å². The van der Waals surface area contributed by atoms with Crippen molar-refractivity contribution < 1.29 is 22.7 Å². The Kier molecular flexibility index (Phi) is 5.96. The summed E-state index contributed by atoms with van der Waals surface area (Å²) in [6.45, 7) is 0. The van der Waals surface area contributed by atoms with E-state index >= 15 is 0 Å². The predicted octanol–water partition coefficient (Wildman–Crippen LogP) is 6.11. The lowest BCUT2D eigenvalue weighted by atomic mass is 9.97. The van der Waals surface area contributed by atoms with Crippen LogP contribution in [0.4, 0.5) is 24.7 Å². The van der Waals surface area contributed by atoms with Crippen molar-refractivity contribution >= 4 is 40.6 Å². The van der Waals surface area contributed by atoms with E-state index in [4.69, 9.17) is 27.9 Å². The van der Waals surface area contributed by atoms with Gasteiger partial charge in [0.25, 0.3) is 5.91 Å². The van der Waals surface area contributed by atoms with Crippen molar-refractivity contribution in [3.05, 3.63) is 69.8 Å². The Morgan fingerprint density at radius 1 is 1.19 bits per heavy atom. The minimum absolute atomic E-state index is 0.0849. The lowest BCUT2D eigenvalue weighted by molar-refractivity contribution is -0.173. The van der Waals surface area contributed by atoms with Gasteiger partial charge >= 0.3 is 6.18 Å². The van der Waals surface area contributed by atoms with Crippen LogP contribution in [0.1, 0.15) is 34.6 Å². The number of anilines is 2. The molecule has 11 heteroatoms. The Morgan fingerprint density at radius 3 is 2.56 bits per heavy atom. The number of hydrogen-bond acceptors (Lipinski definition) is 4. The second-order valence-corrected chi connectivity index (χ2v) is 8.04. The summed E-state index contributed by atoms with van der Waals surface area (Å²) in [7, 11) is 1.51. The van der Waals surface area contributed by atoms with Crippen molar-refractivity contribution in [3.63, 3.8) is 0 Å². The van der Waals surface area contributed by atoms with E-state index in [1.807, 2.05) is 0 Å². The molecule has 2 heterocycles. The van der Waals surface area contributed by atoms with Crippen LogP contribution in [0.5, 0.6) is 5.75 Å². The third-order valence-corrected chi connectivity index (χ3v) is 5.68. The first-order valence-electron chi connectivity index (χ1n) is 9.49. The van der Waals surface area contributed by atoms with Crippen LogP contribution in [0, 0.1) is 0 Å². The zero-order chi connectivity index (χ0) is 23.0. The van der Waals surface area contributed by atoms with Crippen LogP contribution in [0.15, 0.2) is 48.5 Å². The van der Waals surface area contributed by atoms with Gasteiger partial charge in [-0.3, -0.25) is 4.79 Å². The maximum absolute atomic E-state index is 13.8. The molecule has 3 aromatic rings. The molecule has 168 valence electrons. The minimum atomic E-state index is -4.56. The zero-order valence-electron chi connectivity index (χ0n) is 16.6. The zero-order valence-corrected chi connectivity index (χ0v) is 18.1. The van der Waals surface area contributed by atoms with Gasteiger partial charge in [0.05, 0.1) is 23.9 Å². The molecule has 1 aliphatic heterocycles. The number of rotatable bonds is 4. The highest BCUT2D eigenvalue weighted by atomic mass is 35.5. The van der Waals surface area contributed by atoms with E-state index in [2.05, 4.69) is 15.7 Å². The van der Waals surface area contributed by atoms with E-state index in [-0.39, 0.29) is 28.6 Å². The monoisotopic (exact) mass is 484 g/mol. The highest BCUT2D eigenvalue weighted by Gasteiger charge is 2.46. The van der Waals surface area contributed by atoms with Crippen molar-refractivity contribution in [1.29, 1.82) is 0 Å². The van der Waals surface area contributed by atoms with Crippen LogP contribution in [-0.2, 0) is 0 Å². The normalized spacial score (nSPS) is 17.9. The van der Waals surface area contributed by atoms with Crippen LogP contribution in [0.3, 0.4) is 0 Å². The number of fused-ring (bicyclic) bond motifs is 1. The van der Waals surface area contributed by atoms with Gasteiger partial charge in [-0.2, -0.15) is 18.3 Å². The van der Waals surface area contributed by atoms with Gasteiger partial charge in [-0.15, -0.1) is 0 Å². The fraction of sp³-hybridized carbons (Fsp3) is 0.238. The Labute approximate surface area is 191 Å². The molecule has 2 unspecified atom stereocenters. The number of ether oxygens (including phenoxy) is 1. The highest BCUT2D eigenvalue weighted by Crippen LogP contribution is 2.43. The fourth-order valence-corrected chi connectivity index (χ4v) is 3.86. The number of methoxy groups -OCH3 is 1.